The summed E-state index contributed by atoms with van der Waals surface area (Å²) in [7, 11) is 1.98. The molecule has 0 bridgehead atoms. The monoisotopic (exact) mass is 181 g/mol. The zero-order valence-corrected chi connectivity index (χ0v) is 9.13. The van der Waals surface area contributed by atoms with Crippen LogP contribution in [0.25, 0.3) is 0 Å². The van der Waals surface area contributed by atoms with E-state index >= 15 is 0 Å². The largest absolute Gasteiger partial charge is 0.384 e. The SMILES string of the molecule is CC(C)c1nc(C(C)C)n(C)c1N. The molecule has 0 fully saturated rings. The molecule has 1 rings (SSSR count). The molecule has 13 heavy (non-hydrogen) atoms. The first-order chi connectivity index (χ1) is 5.95. The highest BCUT2D eigenvalue weighted by Gasteiger charge is 2.16. The van der Waals surface area contributed by atoms with E-state index < -0.39 is 0 Å². The van der Waals surface area contributed by atoms with Crippen molar-refractivity contribution >= 4 is 5.82 Å². The lowest BCUT2D eigenvalue weighted by atomic mass is 10.1. The molecule has 3 nitrogen and oxygen atoms in total. The Bertz CT molecular complexity index is 269. The number of rotatable bonds is 2. The molecule has 74 valence electrons. The third kappa shape index (κ3) is 1.69. The van der Waals surface area contributed by atoms with Crippen molar-refractivity contribution in [3.05, 3.63) is 11.5 Å². The van der Waals surface area contributed by atoms with E-state index in [0.717, 1.165) is 17.3 Å². The molecule has 0 atom stereocenters. The van der Waals surface area contributed by atoms with Crippen molar-refractivity contribution in [3.8, 4) is 0 Å². The summed E-state index contributed by atoms with van der Waals surface area (Å²) in [5.74, 6) is 2.71. The average Bonchev–Trinajstić information content (AvgIpc) is 2.29. The van der Waals surface area contributed by atoms with Crippen LogP contribution in [0.3, 0.4) is 0 Å². The average molecular weight is 181 g/mol. The Hall–Kier alpha value is -0.990. The molecule has 0 spiro atoms. The van der Waals surface area contributed by atoms with Crippen LogP contribution in [-0.2, 0) is 7.05 Å². The predicted molar refractivity (Wildman–Crippen MR) is 55.8 cm³/mol. The Morgan fingerprint density at radius 1 is 1.15 bits per heavy atom. The molecule has 2 N–H and O–H groups in total. The van der Waals surface area contributed by atoms with Crippen LogP contribution in [0.15, 0.2) is 0 Å². The first-order valence-electron chi connectivity index (χ1n) is 4.77. The maximum atomic E-state index is 5.94. The standard InChI is InChI=1S/C10H19N3/c1-6(2)8-9(11)13(5)10(12-8)7(3)4/h6-7H,11H2,1-5H3. The zero-order chi connectivity index (χ0) is 10.2. The normalized spacial score (nSPS) is 11.6. The summed E-state index contributed by atoms with van der Waals surface area (Å²) in [6, 6.07) is 0. The predicted octanol–water partition coefficient (Wildman–Crippen LogP) is 2.25. The van der Waals surface area contributed by atoms with Crippen LogP contribution in [0.1, 0.15) is 51.0 Å². The maximum absolute atomic E-state index is 5.94. The minimum Gasteiger partial charge on any atom is -0.384 e. The van der Waals surface area contributed by atoms with E-state index in [0.29, 0.717) is 11.8 Å². The Kier molecular flexibility index (Phi) is 2.64. The van der Waals surface area contributed by atoms with Crippen LogP contribution in [0, 0.1) is 0 Å². The summed E-state index contributed by atoms with van der Waals surface area (Å²) >= 11 is 0. The topological polar surface area (TPSA) is 43.8 Å². The van der Waals surface area contributed by atoms with Crippen molar-refractivity contribution in [2.24, 2.45) is 7.05 Å². The molecule has 0 aliphatic rings. The molecule has 1 aromatic rings. The molecular formula is C10H19N3. The summed E-state index contributed by atoms with van der Waals surface area (Å²) in [5.41, 5.74) is 6.96. The summed E-state index contributed by atoms with van der Waals surface area (Å²) < 4.78 is 1.99. The lowest BCUT2D eigenvalue weighted by Crippen LogP contribution is -2.03. The lowest BCUT2D eigenvalue weighted by molar-refractivity contribution is 0.711. The van der Waals surface area contributed by atoms with E-state index in [2.05, 4.69) is 32.7 Å². The van der Waals surface area contributed by atoms with E-state index in [9.17, 15) is 0 Å². The van der Waals surface area contributed by atoms with Gasteiger partial charge in [0.25, 0.3) is 0 Å². The highest BCUT2D eigenvalue weighted by molar-refractivity contribution is 5.40. The molecule has 0 amide bonds. The number of hydrogen-bond acceptors (Lipinski definition) is 2. The third-order valence-electron chi connectivity index (χ3n) is 2.27. The molecular weight excluding hydrogens is 162 g/mol. The van der Waals surface area contributed by atoms with Gasteiger partial charge in [-0.15, -0.1) is 0 Å². The van der Waals surface area contributed by atoms with Crippen LogP contribution >= 0.6 is 0 Å². The quantitative estimate of drug-likeness (QED) is 0.760. The number of nitrogens with two attached hydrogens (primary N) is 1. The van der Waals surface area contributed by atoms with E-state index in [1.165, 1.54) is 0 Å². The molecule has 0 aromatic carbocycles. The van der Waals surface area contributed by atoms with Gasteiger partial charge in [0.2, 0.25) is 0 Å². The molecule has 0 aliphatic carbocycles. The Morgan fingerprint density at radius 2 is 1.69 bits per heavy atom. The molecule has 0 saturated heterocycles. The molecule has 1 aromatic heterocycles. The van der Waals surface area contributed by atoms with Gasteiger partial charge in [0.05, 0.1) is 5.69 Å². The zero-order valence-electron chi connectivity index (χ0n) is 9.13. The summed E-state index contributed by atoms with van der Waals surface area (Å²) in [6.07, 6.45) is 0. The highest BCUT2D eigenvalue weighted by Crippen LogP contribution is 2.24. The van der Waals surface area contributed by atoms with Crippen LogP contribution in [0.4, 0.5) is 5.82 Å². The highest BCUT2D eigenvalue weighted by atomic mass is 15.1. The van der Waals surface area contributed by atoms with Gasteiger partial charge < -0.3 is 10.3 Å². The maximum Gasteiger partial charge on any atom is 0.126 e. The first kappa shape index (κ1) is 10.1. The summed E-state index contributed by atoms with van der Waals surface area (Å²) in [5, 5.41) is 0. The van der Waals surface area contributed by atoms with Crippen molar-refractivity contribution in [1.29, 1.82) is 0 Å². The summed E-state index contributed by atoms with van der Waals surface area (Å²) in [6.45, 7) is 8.49. The summed E-state index contributed by atoms with van der Waals surface area (Å²) in [4.78, 5) is 4.55. The Balaban J connectivity index is 3.20. The van der Waals surface area contributed by atoms with E-state index in [-0.39, 0.29) is 0 Å². The van der Waals surface area contributed by atoms with Crippen molar-refractivity contribution in [2.75, 3.05) is 5.73 Å². The first-order valence-corrected chi connectivity index (χ1v) is 4.77. The lowest BCUT2D eigenvalue weighted by Gasteiger charge is -2.04. The van der Waals surface area contributed by atoms with Gasteiger partial charge in [0.1, 0.15) is 11.6 Å². The minimum absolute atomic E-state index is 0.402. The van der Waals surface area contributed by atoms with Crippen LogP contribution in [0.5, 0.6) is 0 Å². The van der Waals surface area contributed by atoms with Crippen molar-refractivity contribution in [1.82, 2.24) is 9.55 Å². The van der Waals surface area contributed by atoms with Crippen molar-refractivity contribution < 1.29 is 0 Å². The molecule has 0 saturated carbocycles. The number of nitrogen functional groups attached to an aromatic ring is 1. The van der Waals surface area contributed by atoms with Gasteiger partial charge in [-0.25, -0.2) is 4.98 Å². The molecule has 0 unspecified atom stereocenters. The second kappa shape index (κ2) is 3.40. The Labute approximate surface area is 80.0 Å². The van der Waals surface area contributed by atoms with Gasteiger partial charge in [-0.1, -0.05) is 27.7 Å². The number of nitrogens with zero attached hydrogens (tertiary/aromatic N) is 2. The van der Waals surface area contributed by atoms with Gasteiger partial charge in [-0.3, -0.25) is 0 Å². The van der Waals surface area contributed by atoms with Gasteiger partial charge in [0.15, 0.2) is 0 Å². The number of imidazole rings is 1. The smallest absolute Gasteiger partial charge is 0.126 e. The van der Waals surface area contributed by atoms with Crippen molar-refractivity contribution in [2.45, 2.75) is 39.5 Å². The third-order valence-corrected chi connectivity index (χ3v) is 2.27. The number of anilines is 1. The van der Waals surface area contributed by atoms with Gasteiger partial charge >= 0.3 is 0 Å². The molecule has 0 aliphatic heterocycles. The van der Waals surface area contributed by atoms with Crippen molar-refractivity contribution in [3.63, 3.8) is 0 Å². The van der Waals surface area contributed by atoms with E-state index in [1.807, 2.05) is 11.6 Å². The second-order valence-corrected chi connectivity index (χ2v) is 4.11. The van der Waals surface area contributed by atoms with Gasteiger partial charge in [-0.05, 0) is 5.92 Å². The fourth-order valence-corrected chi connectivity index (χ4v) is 1.49. The minimum atomic E-state index is 0.402. The number of hydrogen-bond donors (Lipinski definition) is 1. The van der Waals surface area contributed by atoms with E-state index in [4.69, 9.17) is 5.73 Å². The second-order valence-electron chi connectivity index (χ2n) is 4.11. The molecule has 1 heterocycles. The number of aromatic nitrogens is 2. The van der Waals surface area contributed by atoms with Gasteiger partial charge in [0, 0.05) is 13.0 Å². The fraction of sp³-hybridized carbons (Fsp3) is 0.700. The Morgan fingerprint density at radius 3 is 1.92 bits per heavy atom. The van der Waals surface area contributed by atoms with Crippen LogP contribution in [0.2, 0.25) is 0 Å². The van der Waals surface area contributed by atoms with Crippen LogP contribution in [-0.4, -0.2) is 9.55 Å². The molecule has 0 radical (unpaired) electrons. The van der Waals surface area contributed by atoms with Gasteiger partial charge in [-0.2, -0.15) is 0 Å². The van der Waals surface area contributed by atoms with E-state index in [1.54, 1.807) is 0 Å². The van der Waals surface area contributed by atoms with Crippen LogP contribution < -0.4 is 5.73 Å². The fourth-order valence-electron chi connectivity index (χ4n) is 1.49. The molecule has 3 heteroatoms.